The molecule has 3 aromatic rings. The van der Waals surface area contributed by atoms with Crippen LogP contribution in [-0.4, -0.2) is 28.0 Å². The number of nitrogens with one attached hydrogen (secondary N) is 1. The number of fused-ring (bicyclic) bond motifs is 3. The number of hydrogen-bond acceptors (Lipinski definition) is 4. The van der Waals surface area contributed by atoms with E-state index in [0.717, 1.165) is 47.8 Å². The average Bonchev–Trinajstić information content (AvgIpc) is 2.74. The maximum absolute atomic E-state index is 13.4. The first-order chi connectivity index (χ1) is 14.2. The number of rotatable bonds is 3. The highest BCUT2D eigenvalue weighted by Crippen LogP contribution is 2.40. The van der Waals surface area contributed by atoms with Crippen LogP contribution < -0.4 is 11.1 Å². The predicted octanol–water partition coefficient (Wildman–Crippen LogP) is 3.93. The summed E-state index contributed by atoms with van der Waals surface area (Å²) in [5.74, 6) is 0.978. The highest BCUT2D eigenvalue weighted by Gasteiger charge is 2.40. The van der Waals surface area contributed by atoms with Crippen molar-refractivity contribution in [3.05, 3.63) is 60.4 Å². The van der Waals surface area contributed by atoms with Crippen molar-refractivity contribution in [1.29, 1.82) is 0 Å². The molecule has 2 heterocycles. The van der Waals surface area contributed by atoms with Crippen molar-refractivity contribution in [2.75, 3.05) is 0 Å². The van der Waals surface area contributed by atoms with Gasteiger partial charge in [0.2, 0.25) is 0 Å². The average molecular weight is 386 g/mol. The van der Waals surface area contributed by atoms with Crippen LogP contribution in [0.25, 0.3) is 22.2 Å². The highest BCUT2D eigenvalue weighted by molar-refractivity contribution is 6.07. The number of benzene rings is 1. The topological polar surface area (TPSA) is 80.9 Å². The molecule has 2 saturated carbocycles. The molecule has 2 unspecified atom stereocenters. The second-order valence-electron chi connectivity index (χ2n) is 8.50. The summed E-state index contributed by atoms with van der Waals surface area (Å²) in [5.41, 5.74) is 9.45. The second-order valence-corrected chi connectivity index (χ2v) is 8.50. The SMILES string of the molecule is NC1CC2CCCC(C1)C2NC(=O)c1cc(-c2cccnc2)nc2ccccc12. The van der Waals surface area contributed by atoms with Gasteiger partial charge in [0.15, 0.2) is 0 Å². The number of para-hydroxylation sites is 1. The summed E-state index contributed by atoms with van der Waals surface area (Å²) in [7, 11) is 0. The van der Waals surface area contributed by atoms with Crippen molar-refractivity contribution in [1.82, 2.24) is 15.3 Å². The minimum atomic E-state index is -0.00823. The van der Waals surface area contributed by atoms with Gasteiger partial charge in [-0.3, -0.25) is 9.78 Å². The second kappa shape index (κ2) is 7.56. The first-order valence-electron chi connectivity index (χ1n) is 10.6. The lowest BCUT2D eigenvalue weighted by Gasteiger charge is -2.45. The van der Waals surface area contributed by atoms with Gasteiger partial charge in [0.1, 0.15) is 0 Å². The number of nitrogens with two attached hydrogens (primary N) is 1. The van der Waals surface area contributed by atoms with E-state index in [0.29, 0.717) is 17.4 Å². The zero-order chi connectivity index (χ0) is 19.8. The van der Waals surface area contributed by atoms with Gasteiger partial charge in [-0.25, -0.2) is 4.98 Å². The molecule has 0 saturated heterocycles. The van der Waals surface area contributed by atoms with Crippen molar-refractivity contribution >= 4 is 16.8 Å². The number of nitrogens with zero attached hydrogens (tertiary/aromatic N) is 2. The Morgan fingerprint density at radius 3 is 2.62 bits per heavy atom. The Labute approximate surface area is 170 Å². The lowest BCUT2D eigenvalue weighted by molar-refractivity contribution is 0.0757. The first kappa shape index (κ1) is 18.3. The van der Waals surface area contributed by atoms with Crippen molar-refractivity contribution in [3.63, 3.8) is 0 Å². The first-order valence-corrected chi connectivity index (χ1v) is 10.6. The minimum absolute atomic E-state index is 0.00823. The number of carbonyl (C=O) groups is 1. The van der Waals surface area contributed by atoms with Gasteiger partial charge in [-0.15, -0.1) is 0 Å². The number of amides is 1. The fraction of sp³-hybridized carbons (Fsp3) is 0.375. The Balaban J connectivity index is 1.51. The quantitative estimate of drug-likeness (QED) is 0.715. The van der Waals surface area contributed by atoms with E-state index < -0.39 is 0 Å². The van der Waals surface area contributed by atoms with Crippen LogP contribution in [0, 0.1) is 11.8 Å². The van der Waals surface area contributed by atoms with Crippen LogP contribution in [0.2, 0.25) is 0 Å². The molecule has 5 heteroatoms. The molecule has 148 valence electrons. The van der Waals surface area contributed by atoms with Crippen LogP contribution >= 0.6 is 0 Å². The van der Waals surface area contributed by atoms with Crippen LogP contribution in [0.15, 0.2) is 54.9 Å². The molecule has 5 nitrogen and oxygen atoms in total. The van der Waals surface area contributed by atoms with E-state index in [-0.39, 0.29) is 18.0 Å². The van der Waals surface area contributed by atoms with Crippen LogP contribution in [-0.2, 0) is 0 Å². The maximum atomic E-state index is 13.4. The van der Waals surface area contributed by atoms with Gasteiger partial charge in [-0.1, -0.05) is 24.6 Å². The van der Waals surface area contributed by atoms with Gasteiger partial charge in [0, 0.05) is 35.4 Å². The van der Waals surface area contributed by atoms with Crippen molar-refractivity contribution in [3.8, 4) is 11.3 Å². The molecule has 2 aromatic heterocycles. The predicted molar refractivity (Wildman–Crippen MR) is 114 cm³/mol. The van der Waals surface area contributed by atoms with Gasteiger partial charge >= 0.3 is 0 Å². The zero-order valence-electron chi connectivity index (χ0n) is 16.4. The molecular formula is C24H26N4O. The van der Waals surface area contributed by atoms with E-state index in [2.05, 4.69) is 10.3 Å². The Morgan fingerprint density at radius 2 is 1.86 bits per heavy atom. The molecule has 2 fully saturated rings. The summed E-state index contributed by atoms with van der Waals surface area (Å²) in [4.78, 5) is 22.4. The third-order valence-electron chi connectivity index (χ3n) is 6.59. The molecule has 1 aromatic carbocycles. The van der Waals surface area contributed by atoms with E-state index >= 15 is 0 Å². The van der Waals surface area contributed by atoms with E-state index in [9.17, 15) is 4.79 Å². The molecule has 0 aliphatic heterocycles. The standard InChI is InChI=1S/C24H26N4O/c25-18-11-15-5-3-6-16(12-18)23(15)28-24(29)20-13-22(17-7-4-10-26-14-17)27-21-9-2-1-8-19(20)21/h1-2,4,7-10,13-16,18,23H,3,5-6,11-12,25H2,(H,28,29). The summed E-state index contributed by atoms with van der Waals surface area (Å²) < 4.78 is 0. The normalized spacial score (nSPS) is 26.2. The van der Waals surface area contributed by atoms with Crippen molar-refractivity contribution < 1.29 is 4.79 Å². The lowest BCUT2D eigenvalue weighted by atomic mass is 9.67. The van der Waals surface area contributed by atoms with Crippen molar-refractivity contribution in [2.45, 2.75) is 44.2 Å². The largest absolute Gasteiger partial charge is 0.349 e. The van der Waals surface area contributed by atoms with Crippen molar-refractivity contribution in [2.24, 2.45) is 17.6 Å². The molecule has 29 heavy (non-hydrogen) atoms. The smallest absolute Gasteiger partial charge is 0.252 e. The summed E-state index contributed by atoms with van der Waals surface area (Å²) in [6.45, 7) is 0. The van der Waals surface area contributed by atoms with Crippen LogP contribution in [0.4, 0.5) is 0 Å². The molecule has 2 aliphatic rings. The van der Waals surface area contributed by atoms with E-state index in [1.807, 2.05) is 42.5 Å². The van der Waals surface area contributed by atoms with Gasteiger partial charge in [-0.2, -0.15) is 0 Å². The van der Waals surface area contributed by atoms with Crippen LogP contribution in [0.5, 0.6) is 0 Å². The molecule has 0 spiro atoms. The zero-order valence-corrected chi connectivity index (χ0v) is 16.4. The third-order valence-corrected chi connectivity index (χ3v) is 6.59. The van der Waals surface area contributed by atoms with E-state index in [1.165, 1.54) is 6.42 Å². The summed E-state index contributed by atoms with van der Waals surface area (Å²) >= 11 is 0. The minimum Gasteiger partial charge on any atom is -0.349 e. The summed E-state index contributed by atoms with van der Waals surface area (Å²) in [6.07, 6.45) is 9.12. The van der Waals surface area contributed by atoms with Gasteiger partial charge < -0.3 is 11.1 Å². The van der Waals surface area contributed by atoms with Crippen LogP contribution in [0.1, 0.15) is 42.5 Å². The Kier molecular flexibility index (Phi) is 4.76. The molecule has 5 rings (SSSR count). The fourth-order valence-electron chi connectivity index (χ4n) is 5.28. The molecule has 3 N–H and O–H groups in total. The number of carbonyl (C=O) groups excluding carboxylic acids is 1. The Morgan fingerprint density at radius 1 is 1.07 bits per heavy atom. The molecular weight excluding hydrogens is 360 g/mol. The van der Waals surface area contributed by atoms with E-state index in [1.54, 1.807) is 12.4 Å². The lowest BCUT2D eigenvalue weighted by Crippen LogP contribution is -2.53. The molecule has 2 bridgehead atoms. The van der Waals surface area contributed by atoms with Gasteiger partial charge in [0.05, 0.1) is 16.8 Å². The van der Waals surface area contributed by atoms with Crippen LogP contribution in [0.3, 0.4) is 0 Å². The van der Waals surface area contributed by atoms with Gasteiger partial charge in [0.25, 0.3) is 5.91 Å². The fourth-order valence-corrected chi connectivity index (χ4v) is 5.28. The maximum Gasteiger partial charge on any atom is 0.252 e. The summed E-state index contributed by atoms with van der Waals surface area (Å²) in [5, 5.41) is 4.28. The molecule has 2 aliphatic carbocycles. The van der Waals surface area contributed by atoms with Gasteiger partial charge in [-0.05, 0) is 61.8 Å². The summed E-state index contributed by atoms with van der Waals surface area (Å²) in [6, 6.07) is 14.1. The molecule has 1 amide bonds. The molecule has 2 atom stereocenters. The van der Waals surface area contributed by atoms with E-state index in [4.69, 9.17) is 10.7 Å². The molecule has 0 radical (unpaired) electrons. The Bertz CT molecular complexity index is 1020. The third kappa shape index (κ3) is 3.51. The highest BCUT2D eigenvalue weighted by atomic mass is 16.1. The number of aromatic nitrogens is 2. The number of hydrogen-bond donors (Lipinski definition) is 2. The Hall–Kier alpha value is -2.79. The monoisotopic (exact) mass is 386 g/mol. The number of pyridine rings is 2.